The molecular weight excluding hydrogens is 312 g/mol. The first-order valence-corrected chi connectivity index (χ1v) is 9.06. The Morgan fingerprint density at radius 1 is 1.24 bits per heavy atom. The van der Waals surface area contributed by atoms with E-state index in [1.165, 1.54) is 17.5 Å². The van der Waals surface area contributed by atoms with Gasteiger partial charge in [-0.05, 0) is 68.9 Å². The smallest absolute Gasteiger partial charge is 0.272 e. The molecule has 1 aliphatic rings. The Labute approximate surface area is 149 Å². The molecule has 25 heavy (non-hydrogen) atoms. The van der Waals surface area contributed by atoms with E-state index in [4.69, 9.17) is 0 Å². The predicted molar refractivity (Wildman–Crippen MR) is 100 cm³/mol. The van der Waals surface area contributed by atoms with E-state index in [9.17, 15) is 4.79 Å². The van der Waals surface area contributed by atoms with E-state index in [1.54, 1.807) is 12.3 Å². The molecule has 1 aliphatic heterocycles. The van der Waals surface area contributed by atoms with Crippen molar-refractivity contribution in [3.8, 4) is 0 Å². The molecule has 0 saturated carbocycles. The van der Waals surface area contributed by atoms with Crippen LogP contribution in [0, 0.1) is 13.8 Å². The third-order valence-electron chi connectivity index (χ3n) is 5.00. The molecule has 1 fully saturated rings. The van der Waals surface area contributed by atoms with Crippen LogP contribution < -0.4 is 5.32 Å². The molecular formula is C20H26N4O. The first-order valence-electron chi connectivity index (χ1n) is 9.06. The SMILES string of the molecule is CCC1CCCCN1C(=O)c1ccnc(Nc2ccc(C)c(C)c2)n1. The number of hydrogen-bond acceptors (Lipinski definition) is 4. The maximum absolute atomic E-state index is 12.9. The minimum atomic E-state index is 0.0112. The number of aromatic nitrogens is 2. The summed E-state index contributed by atoms with van der Waals surface area (Å²) in [5.74, 6) is 0.469. The third kappa shape index (κ3) is 3.98. The lowest BCUT2D eigenvalue weighted by molar-refractivity contribution is 0.0602. The van der Waals surface area contributed by atoms with E-state index >= 15 is 0 Å². The van der Waals surface area contributed by atoms with Gasteiger partial charge in [0, 0.05) is 24.5 Å². The number of benzene rings is 1. The molecule has 1 atom stereocenters. The van der Waals surface area contributed by atoms with E-state index in [0.29, 0.717) is 17.7 Å². The van der Waals surface area contributed by atoms with Crippen LogP contribution in [0.3, 0.4) is 0 Å². The number of hydrogen-bond donors (Lipinski definition) is 1. The zero-order valence-electron chi connectivity index (χ0n) is 15.2. The second-order valence-electron chi connectivity index (χ2n) is 6.75. The lowest BCUT2D eigenvalue weighted by Crippen LogP contribution is -2.43. The summed E-state index contributed by atoms with van der Waals surface area (Å²) < 4.78 is 0. The van der Waals surface area contributed by atoms with E-state index in [0.717, 1.165) is 31.5 Å². The molecule has 1 unspecified atom stereocenters. The fourth-order valence-corrected chi connectivity index (χ4v) is 3.33. The number of aryl methyl sites for hydroxylation is 2. The van der Waals surface area contributed by atoms with E-state index in [1.807, 2.05) is 11.0 Å². The van der Waals surface area contributed by atoms with Crippen LogP contribution >= 0.6 is 0 Å². The molecule has 2 heterocycles. The zero-order valence-corrected chi connectivity index (χ0v) is 15.2. The Bertz CT molecular complexity index is 759. The van der Waals surface area contributed by atoms with Crippen molar-refractivity contribution in [3.63, 3.8) is 0 Å². The van der Waals surface area contributed by atoms with Gasteiger partial charge in [0.25, 0.3) is 5.91 Å². The minimum Gasteiger partial charge on any atom is -0.334 e. The van der Waals surface area contributed by atoms with Crippen molar-refractivity contribution in [3.05, 3.63) is 47.3 Å². The number of likely N-dealkylation sites (tertiary alicyclic amines) is 1. The fourth-order valence-electron chi connectivity index (χ4n) is 3.33. The van der Waals surface area contributed by atoms with Gasteiger partial charge in [0.2, 0.25) is 5.95 Å². The van der Waals surface area contributed by atoms with Crippen molar-refractivity contribution in [2.24, 2.45) is 0 Å². The molecule has 1 saturated heterocycles. The second kappa shape index (κ2) is 7.64. The van der Waals surface area contributed by atoms with Gasteiger partial charge in [-0.25, -0.2) is 9.97 Å². The Morgan fingerprint density at radius 2 is 2.08 bits per heavy atom. The Morgan fingerprint density at radius 3 is 2.84 bits per heavy atom. The van der Waals surface area contributed by atoms with Gasteiger partial charge in [-0.1, -0.05) is 13.0 Å². The summed E-state index contributed by atoms with van der Waals surface area (Å²) in [6.45, 7) is 7.12. The van der Waals surface area contributed by atoms with Crippen LogP contribution in [0.25, 0.3) is 0 Å². The van der Waals surface area contributed by atoms with E-state index in [2.05, 4.69) is 48.2 Å². The summed E-state index contributed by atoms with van der Waals surface area (Å²) in [4.78, 5) is 23.6. The third-order valence-corrected chi connectivity index (χ3v) is 5.00. The van der Waals surface area contributed by atoms with Crippen molar-refractivity contribution in [1.82, 2.24) is 14.9 Å². The molecule has 0 aliphatic carbocycles. The van der Waals surface area contributed by atoms with Crippen molar-refractivity contribution in [2.75, 3.05) is 11.9 Å². The number of nitrogens with one attached hydrogen (secondary N) is 1. The number of carbonyl (C=O) groups is 1. The van der Waals surface area contributed by atoms with Gasteiger partial charge in [0.05, 0.1) is 0 Å². The topological polar surface area (TPSA) is 58.1 Å². The molecule has 1 aromatic carbocycles. The number of carbonyl (C=O) groups excluding carboxylic acids is 1. The second-order valence-corrected chi connectivity index (χ2v) is 6.75. The van der Waals surface area contributed by atoms with Crippen LogP contribution in [0.2, 0.25) is 0 Å². The predicted octanol–water partition coefficient (Wildman–Crippen LogP) is 4.24. The van der Waals surface area contributed by atoms with E-state index < -0.39 is 0 Å². The summed E-state index contributed by atoms with van der Waals surface area (Å²) in [6.07, 6.45) is 5.99. The average molecular weight is 338 g/mol. The average Bonchev–Trinajstić information content (AvgIpc) is 2.64. The summed E-state index contributed by atoms with van der Waals surface area (Å²) in [5.41, 5.74) is 3.83. The normalized spacial score (nSPS) is 17.4. The van der Waals surface area contributed by atoms with Crippen LogP contribution in [0.5, 0.6) is 0 Å². The molecule has 5 heteroatoms. The fraction of sp³-hybridized carbons (Fsp3) is 0.450. The lowest BCUT2D eigenvalue weighted by atomic mass is 9.99. The standard InChI is InChI=1S/C20H26N4O/c1-4-17-7-5-6-12-24(17)19(25)18-10-11-21-20(23-18)22-16-9-8-14(2)15(3)13-16/h8-11,13,17H,4-7,12H2,1-3H3,(H,21,22,23). The highest BCUT2D eigenvalue weighted by Gasteiger charge is 2.27. The quantitative estimate of drug-likeness (QED) is 0.906. The van der Waals surface area contributed by atoms with Gasteiger partial charge in [0.1, 0.15) is 5.69 Å². The summed E-state index contributed by atoms with van der Waals surface area (Å²) in [5, 5.41) is 3.20. The van der Waals surface area contributed by atoms with Crippen LogP contribution in [-0.2, 0) is 0 Å². The van der Waals surface area contributed by atoms with Crippen LogP contribution in [0.4, 0.5) is 11.6 Å². The molecule has 1 aromatic heterocycles. The van der Waals surface area contributed by atoms with Crippen molar-refractivity contribution < 1.29 is 4.79 Å². The molecule has 132 valence electrons. The lowest BCUT2D eigenvalue weighted by Gasteiger charge is -2.35. The number of rotatable bonds is 4. The van der Waals surface area contributed by atoms with Crippen molar-refractivity contribution >= 4 is 17.5 Å². The molecule has 1 N–H and O–H groups in total. The molecule has 1 amide bonds. The van der Waals surface area contributed by atoms with Gasteiger partial charge in [-0.15, -0.1) is 0 Å². The maximum Gasteiger partial charge on any atom is 0.272 e. The number of nitrogens with zero attached hydrogens (tertiary/aromatic N) is 3. The van der Waals surface area contributed by atoms with Crippen LogP contribution in [0.1, 0.15) is 54.2 Å². The van der Waals surface area contributed by atoms with Crippen molar-refractivity contribution in [1.29, 1.82) is 0 Å². The van der Waals surface area contributed by atoms with Gasteiger partial charge < -0.3 is 10.2 Å². The first-order chi connectivity index (χ1) is 12.1. The molecule has 0 radical (unpaired) electrons. The Hall–Kier alpha value is -2.43. The molecule has 5 nitrogen and oxygen atoms in total. The molecule has 3 rings (SSSR count). The highest BCUT2D eigenvalue weighted by atomic mass is 16.2. The maximum atomic E-state index is 12.9. The Balaban J connectivity index is 1.78. The van der Waals surface area contributed by atoms with Crippen molar-refractivity contribution in [2.45, 2.75) is 52.5 Å². The highest BCUT2D eigenvalue weighted by Crippen LogP contribution is 2.22. The first kappa shape index (κ1) is 17.4. The summed E-state index contributed by atoms with van der Waals surface area (Å²) in [6, 6.07) is 8.15. The number of piperidine rings is 1. The van der Waals surface area contributed by atoms with Gasteiger partial charge in [-0.3, -0.25) is 4.79 Å². The molecule has 0 spiro atoms. The summed E-state index contributed by atoms with van der Waals surface area (Å²) >= 11 is 0. The van der Waals surface area contributed by atoms with E-state index in [-0.39, 0.29) is 5.91 Å². The largest absolute Gasteiger partial charge is 0.334 e. The van der Waals surface area contributed by atoms with Crippen LogP contribution in [-0.4, -0.2) is 33.4 Å². The Kier molecular flexibility index (Phi) is 5.31. The van der Waals surface area contributed by atoms with Gasteiger partial charge in [-0.2, -0.15) is 0 Å². The van der Waals surface area contributed by atoms with Crippen LogP contribution in [0.15, 0.2) is 30.5 Å². The highest BCUT2D eigenvalue weighted by molar-refractivity contribution is 5.92. The number of amides is 1. The molecule has 2 aromatic rings. The van der Waals surface area contributed by atoms with Gasteiger partial charge >= 0.3 is 0 Å². The summed E-state index contributed by atoms with van der Waals surface area (Å²) in [7, 11) is 0. The monoisotopic (exact) mass is 338 g/mol. The number of anilines is 2. The molecule has 0 bridgehead atoms. The zero-order chi connectivity index (χ0) is 17.8. The minimum absolute atomic E-state index is 0.0112. The van der Waals surface area contributed by atoms with Gasteiger partial charge in [0.15, 0.2) is 0 Å².